The summed E-state index contributed by atoms with van der Waals surface area (Å²) in [4.78, 5) is 12.3. The molecule has 0 spiro atoms. The summed E-state index contributed by atoms with van der Waals surface area (Å²) in [6.45, 7) is 1.94. The monoisotopic (exact) mass is 248 g/mol. The lowest BCUT2D eigenvalue weighted by atomic mass is 9.84. The minimum absolute atomic E-state index is 0.000697. The first-order valence-electron chi connectivity index (χ1n) is 6.27. The molecule has 0 bridgehead atoms. The molecule has 4 heteroatoms. The Hall–Kier alpha value is -1.55. The van der Waals surface area contributed by atoms with Crippen molar-refractivity contribution in [1.29, 1.82) is 0 Å². The number of benzene rings is 1. The van der Waals surface area contributed by atoms with Gasteiger partial charge in [-0.2, -0.15) is 0 Å². The Morgan fingerprint density at radius 1 is 1.56 bits per heavy atom. The van der Waals surface area contributed by atoms with Crippen molar-refractivity contribution in [2.45, 2.75) is 32.2 Å². The Bertz CT molecular complexity index is 447. The van der Waals surface area contributed by atoms with Gasteiger partial charge in [-0.3, -0.25) is 4.79 Å². The molecule has 1 aromatic rings. The Morgan fingerprint density at radius 2 is 2.33 bits per heavy atom. The summed E-state index contributed by atoms with van der Waals surface area (Å²) in [5.41, 5.74) is 6.33. The summed E-state index contributed by atoms with van der Waals surface area (Å²) in [6.07, 6.45) is 2.79. The number of rotatable bonds is 3. The van der Waals surface area contributed by atoms with Crippen LogP contribution in [0.25, 0.3) is 0 Å². The van der Waals surface area contributed by atoms with Crippen molar-refractivity contribution in [2.75, 3.05) is 12.4 Å². The predicted molar refractivity (Wildman–Crippen MR) is 71.6 cm³/mol. The molecule has 1 saturated carbocycles. The van der Waals surface area contributed by atoms with E-state index >= 15 is 0 Å². The zero-order valence-electron chi connectivity index (χ0n) is 10.9. The van der Waals surface area contributed by atoms with Crippen molar-refractivity contribution in [1.82, 2.24) is 0 Å². The zero-order chi connectivity index (χ0) is 13.2. The highest BCUT2D eigenvalue weighted by molar-refractivity contribution is 5.96. The molecular formula is C14H20N2O2. The molecule has 2 rings (SSSR count). The molecule has 2 unspecified atom stereocenters. The van der Waals surface area contributed by atoms with Crippen molar-refractivity contribution in [3.63, 3.8) is 0 Å². The van der Waals surface area contributed by atoms with E-state index in [-0.39, 0.29) is 11.9 Å². The number of hydrogen-bond acceptors (Lipinski definition) is 3. The van der Waals surface area contributed by atoms with Crippen LogP contribution in [0.3, 0.4) is 0 Å². The third-order valence-corrected chi connectivity index (χ3v) is 3.88. The fraction of sp³-hybridized carbons (Fsp3) is 0.500. The van der Waals surface area contributed by atoms with Crippen molar-refractivity contribution >= 4 is 11.6 Å². The first kappa shape index (κ1) is 12.9. The zero-order valence-corrected chi connectivity index (χ0v) is 10.9. The largest absolute Gasteiger partial charge is 0.497 e. The lowest BCUT2D eigenvalue weighted by molar-refractivity contribution is -0.125. The third-order valence-electron chi connectivity index (χ3n) is 3.88. The molecular weight excluding hydrogens is 228 g/mol. The van der Waals surface area contributed by atoms with E-state index in [4.69, 9.17) is 10.5 Å². The number of nitrogens with one attached hydrogen (secondary N) is 1. The van der Waals surface area contributed by atoms with Crippen LogP contribution >= 0.6 is 0 Å². The molecule has 1 aromatic carbocycles. The maximum absolute atomic E-state index is 12.3. The summed E-state index contributed by atoms with van der Waals surface area (Å²) in [5, 5.41) is 2.93. The van der Waals surface area contributed by atoms with Crippen LogP contribution in [0.5, 0.6) is 5.75 Å². The Morgan fingerprint density at radius 3 is 2.94 bits per heavy atom. The Balaban J connectivity index is 2.11. The molecule has 98 valence electrons. The fourth-order valence-corrected chi connectivity index (χ4v) is 2.45. The molecule has 0 heterocycles. The van der Waals surface area contributed by atoms with E-state index in [2.05, 4.69) is 5.32 Å². The number of amides is 1. The van der Waals surface area contributed by atoms with E-state index < -0.39 is 5.41 Å². The van der Waals surface area contributed by atoms with Gasteiger partial charge < -0.3 is 15.8 Å². The molecule has 1 amide bonds. The molecule has 2 atom stereocenters. The quantitative estimate of drug-likeness (QED) is 0.861. The van der Waals surface area contributed by atoms with E-state index in [1.807, 2.05) is 31.2 Å². The lowest BCUT2D eigenvalue weighted by Gasteiger charge is -2.27. The minimum atomic E-state index is -0.455. The van der Waals surface area contributed by atoms with Crippen LogP contribution in [-0.4, -0.2) is 19.1 Å². The normalized spacial score (nSPS) is 26.9. The van der Waals surface area contributed by atoms with E-state index in [9.17, 15) is 4.79 Å². The van der Waals surface area contributed by atoms with Gasteiger partial charge in [-0.15, -0.1) is 0 Å². The number of ether oxygens (including phenoxy) is 1. The first-order chi connectivity index (χ1) is 8.56. The van der Waals surface area contributed by atoms with Crippen LogP contribution in [-0.2, 0) is 4.79 Å². The van der Waals surface area contributed by atoms with Gasteiger partial charge in [0.1, 0.15) is 5.75 Å². The smallest absolute Gasteiger partial charge is 0.231 e. The van der Waals surface area contributed by atoms with Gasteiger partial charge in [-0.1, -0.05) is 12.5 Å². The van der Waals surface area contributed by atoms with E-state index in [1.165, 1.54) is 0 Å². The van der Waals surface area contributed by atoms with E-state index in [0.29, 0.717) is 0 Å². The van der Waals surface area contributed by atoms with Crippen molar-refractivity contribution in [3.05, 3.63) is 24.3 Å². The average Bonchev–Trinajstić information content (AvgIpc) is 2.71. The molecule has 1 fully saturated rings. The van der Waals surface area contributed by atoms with E-state index in [0.717, 1.165) is 30.7 Å². The Labute approximate surface area is 108 Å². The van der Waals surface area contributed by atoms with Crippen LogP contribution in [0.2, 0.25) is 0 Å². The van der Waals surface area contributed by atoms with Crippen LogP contribution in [0.4, 0.5) is 5.69 Å². The predicted octanol–water partition coefficient (Wildman–Crippen LogP) is 2.15. The van der Waals surface area contributed by atoms with Crippen molar-refractivity contribution < 1.29 is 9.53 Å². The number of carbonyl (C=O) groups excluding carboxylic acids is 1. The summed E-state index contributed by atoms with van der Waals surface area (Å²) in [5.74, 6) is 0.731. The molecule has 1 aliphatic carbocycles. The van der Waals surface area contributed by atoms with Gasteiger partial charge in [0.05, 0.1) is 12.5 Å². The lowest BCUT2D eigenvalue weighted by Crippen LogP contribution is -2.44. The minimum Gasteiger partial charge on any atom is -0.497 e. The molecule has 4 nitrogen and oxygen atoms in total. The highest BCUT2D eigenvalue weighted by Gasteiger charge is 2.42. The van der Waals surface area contributed by atoms with Crippen molar-refractivity contribution in [2.24, 2.45) is 11.1 Å². The Kier molecular flexibility index (Phi) is 3.57. The van der Waals surface area contributed by atoms with Gasteiger partial charge >= 0.3 is 0 Å². The van der Waals surface area contributed by atoms with Crippen LogP contribution < -0.4 is 15.8 Å². The second-order valence-electron chi connectivity index (χ2n) is 5.10. The van der Waals surface area contributed by atoms with Gasteiger partial charge in [-0.05, 0) is 31.9 Å². The maximum Gasteiger partial charge on any atom is 0.231 e. The third kappa shape index (κ3) is 2.34. The highest BCUT2D eigenvalue weighted by atomic mass is 16.5. The number of hydrogen-bond donors (Lipinski definition) is 2. The van der Waals surface area contributed by atoms with Crippen LogP contribution in [0, 0.1) is 5.41 Å². The number of anilines is 1. The number of carbonyl (C=O) groups is 1. The maximum atomic E-state index is 12.3. The standard InChI is InChI=1S/C14H20N2O2/c1-14(8-4-7-12(14)15)13(17)16-10-5-3-6-11(9-10)18-2/h3,5-6,9,12H,4,7-8,15H2,1-2H3,(H,16,17). The van der Waals surface area contributed by atoms with Gasteiger partial charge in [0.15, 0.2) is 0 Å². The number of nitrogens with two attached hydrogens (primary N) is 1. The molecule has 0 aliphatic heterocycles. The number of methoxy groups -OCH3 is 1. The second-order valence-corrected chi connectivity index (χ2v) is 5.10. The van der Waals surface area contributed by atoms with Gasteiger partial charge in [0.2, 0.25) is 5.91 Å². The fourth-order valence-electron chi connectivity index (χ4n) is 2.45. The summed E-state index contributed by atoms with van der Waals surface area (Å²) < 4.78 is 5.13. The summed E-state index contributed by atoms with van der Waals surface area (Å²) in [7, 11) is 1.61. The van der Waals surface area contributed by atoms with Gasteiger partial charge in [0, 0.05) is 17.8 Å². The first-order valence-corrected chi connectivity index (χ1v) is 6.27. The summed E-state index contributed by atoms with van der Waals surface area (Å²) in [6, 6.07) is 7.30. The molecule has 3 N–H and O–H groups in total. The van der Waals surface area contributed by atoms with Crippen molar-refractivity contribution in [3.8, 4) is 5.75 Å². The topological polar surface area (TPSA) is 64.3 Å². The van der Waals surface area contributed by atoms with Crippen LogP contribution in [0.1, 0.15) is 26.2 Å². The van der Waals surface area contributed by atoms with Gasteiger partial charge in [0.25, 0.3) is 0 Å². The highest BCUT2D eigenvalue weighted by Crippen LogP contribution is 2.37. The molecule has 0 saturated heterocycles. The molecule has 0 aromatic heterocycles. The molecule has 1 aliphatic rings. The van der Waals surface area contributed by atoms with Gasteiger partial charge in [-0.25, -0.2) is 0 Å². The molecule has 0 radical (unpaired) electrons. The average molecular weight is 248 g/mol. The second kappa shape index (κ2) is 4.98. The van der Waals surface area contributed by atoms with E-state index in [1.54, 1.807) is 7.11 Å². The molecule has 18 heavy (non-hydrogen) atoms. The summed E-state index contributed by atoms with van der Waals surface area (Å²) >= 11 is 0. The SMILES string of the molecule is COc1cccc(NC(=O)C2(C)CCCC2N)c1. The van der Waals surface area contributed by atoms with Crippen LogP contribution in [0.15, 0.2) is 24.3 Å².